The Hall–Kier alpha value is -1.06. The third kappa shape index (κ3) is 3.15. The lowest BCUT2D eigenvalue weighted by atomic mass is 10.0. The van der Waals surface area contributed by atoms with Gasteiger partial charge < -0.3 is 10.1 Å². The number of ether oxygens (including phenoxy) is 1. The van der Waals surface area contributed by atoms with Gasteiger partial charge in [-0.1, -0.05) is 23.7 Å². The quantitative estimate of drug-likeness (QED) is 0.903. The lowest BCUT2D eigenvalue weighted by Gasteiger charge is -2.19. The molecule has 0 spiro atoms. The number of nitrogens with one attached hydrogen (secondary N) is 1. The molecule has 0 bridgehead atoms. The van der Waals surface area contributed by atoms with E-state index in [0.717, 1.165) is 49.3 Å². The number of rotatable bonds is 5. The Morgan fingerprint density at radius 3 is 2.95 bits per heavy atom. The average Bonchev–Trinajstić information content (AvgIpc) is 3.02. The molecule has 3 rings (SSSR count). The lowest BCUT2D eigenvalue weighted by molar-refractivity contribution is -0.122. The molecule has 1 aromatic carbocycles. The summed E-state index contributed by atoms with van der Waals surface area (Å²) in [6.45, 7) is 0.846. The molecule has 108 valence electrons. The Bertz CT molecular complexity index is 493. The van der Waals surface area contributed by atoms with Crippen LogP contribution in [-0.4, -0.2) is 18.6 Å². The smallest absolute Gasteiger partial charge is 0.220 e. The highest BCUT2D eigenvalue weighted by atomic mass is 35.5. The van der Waals surface area contributed by atoms with E-state index in [-0.39, 0.29) is 17.6 Å². The van der Waals surface area contributed by atoms with E-state index in [4.69, 9.17) is 16.3 Å². The maximum Gasteiger partial charge on any atom is 0.220 e. The molecule has 0 aromatic heterocycles. The van der Waals surface area contributed by atoms with Crippen molar-refractivity contribution >= 4 is 17.5 Å². The van der Waals surface area contributed by atoms with Crippen LogP contribution in [0.1, 0.15) is 44.1 Å². The fourth-order valence-electron chi connectivity index (χ4n) is 2.89. The zero-order chi connectivity index (χ0) is 14.0. The maximum absolute atomic E-state index is 12.1. The monoisotopic (exact) mass is 293 g/mol. The van der Waals surface area contributed by atoms with E-state index in [0.29, 0.717) is 6.42 Å². The van der Waals surface area contributed by atoms with Crippen molar-refractivity contribution in [1.82, 2.24) is 5.32 Å². The molecule has 20 heavy (non-hydrogen) atoms. The first kappa shape index (κ1) is 13.9. The molecule has 3 nitrogen and oxygen atoms in total. The number of halogens is 1. The van der Waals surface area contributed by atoms with Gasteiger partial charge in [0.05, 0.1) is 11.6 Å². The van der Waals surface area contributed by atoms with Gasteiger partial charge in [-0.3, -0.25) is 4.79 Å². The SMILES string of the molecule is O=C(CC[C@H]1CCCO1)NC1(c2cccc(Cl)c2)CC1. The van der Waals surface area contributed by atoms with Crippen LogP contribution in [0.3, 0.4) is 0 Å². The van der Waals surface area contributed by atoms with Crippen LogP contribution in [-0.2, 0) is 15.1 Å². The van der Waals surface area contributed by atoms with Crippen LogP contribution in [0.5, 0.6) is 0 Å². The van der Waals surface area contributed by atoms with Crippen LogP contribution in [0.15, 0.2) is 24.3 Å². The van der Waals surface area contributed by atoms with E-state index in [2.05, 4.69) is 5.32 Å². The average molecular weight is 294 g/mol. The molecule has 2 fully saturated rings. The lowest BCUT2D eigenvalue weighted by Crippen LogP contribution is -2.35. The fourth-order valence-corrected chi connectivity index (χ4v) is 3.08. The Kier molecular flexibility index (Phi) is 3.99. The van der Waals surface area contributed by atoms with Crippen molar-refractivity contribution in [3.63, 3.8) is 0 Å². The van der Waals surface area contributed by atoms with Crippen molar-refractivity contribution in [3.05, 3.63) is 34.9 Å². The highest BCUT2D eigenvalue weighted by Gasteiger charge is 2.45. The molecule has 1 saturated heterocycles. The molecule has 1 aliphatic carbocycles. The molecule has 1 saturated carbocycles. The van der Waals surface area contributed by atoms with Gasteiger partial charge in [0.15, 0.2) is 0 Å². The second-order valence-electron chi connectivity index (χ2n) is 5.81. The van der Waals surface area contributed by atoms with E-state index >= 15 is 0 Å². The summed E-state index contributed by atoms with van der Waals surface area (Å²) in [5.41, 5.74) is 0.953. The normalized spacial score (nSPS) is 23.6. The van der Waals surface area contributed by atoms with Crippen LogP contribution >= 0.6 is 11.6 Å². The maximum atomic E-state index is 12.1. The predicted octanol–water partition coefficient (Wildman–Crippen LogP) is 3.40. The third-order valence-corrected chi connectivity index (χ3v) is 4.46. The first-order chi connectivity index (χ1) is 9.68. The van der Waals surface area contributed by atoms with Crippen molar-refractivity contribution in [1.29, 1.82) is 0 Å². The summed E-state index contributed by atoms with van der Waals surface area (Å²) in [6, 6.07) is 7.80. The summed E-state index contributed by atoms with van der Waals surface area (Å²) in [5, 5.41) is 3.91. The summed E-state index contributed by atoms with van der Waals surface area (Å²) in [7, 11) is 0. The summed E-state index contributed by atoms with van der Waals surface area (Å²) < 4.78 is 5.55. The molecule has 0 radical (unpaired) electrons. The zero-order valence-corrected chi connectivity index (χ0v) is 12.3. The topological polar surface area (TPSA) is 38.3 Å². The molecular weight excluding hydrogens is 274 g/mol. The minimum atomic E-state index is -0.168. The molecule has 1 N–H and O–H groups in total. The van der Waals surface area contributed by atoms with Crippen LogP contribution < -0.4 is 5.32 Å². The summed E-state index contributed by atoms with van der Waals surface area (Å²) in [4.78, 5) is 12.1. The number of hydrogen-bond acceptors (Lipinski definition) is 2. The van der Waals surface area contributed by atoms with Crippen molar-refractivity contribution in [2.75, 3.05) is 6.61 Å². The van der Waals surface area contributed by atoms with Crippen LogP contribution in [0.2, 0.25) is 5.02 Å². The zero-order valence-electron chi connectivity index (χ0n) is 11.5. The molecule has 1 atom stereocenters. The molecule has 1 amide bonds. The third-order valence-electron chi connectivity index (χ3n) is 4.22. The van der Waals surface area contributed by atoms with Gasteiger partial charge >= 0.3 is 0 Å². The van der Waals surface area contributed by atoms with Crippen molar-refractivity contribution in [2.24, 2.45) is 0 Å². The van der Waals surface area contributed by atoms with Gasteiger partial charge in [-0.25, -0.2) is 0 Å². The number of amides is 1. The van der Waals surface area contributed by atoms with E-state index < -0.39 is 0 Å². The van der Waals surface area contributed by atoms with Crippen molar-refractivity contribution < 1.29 is 9.53 Å². The van der Waals surface area contributed by atoms with Gasteiger partial charge in [0.1, 0.15) is 0 Å². The predicted molar refractivity (Wildman–Crippen MR) is 78.7 cm³/mol. The Morgan fingerprint density at radius 1 is 1.45 bits per heavy atom. The highest BCUT2D eigenvalue weighted by molar-refractivity contribution is 6.30. The Balaban J connectivity index is 1.55. The number of benzene rings is 1. The van der Waals surface area contributed by atoms with E-state index in [1.165, 1.54) is 0 Å². The number of carbonyl (C=O) groups excluding carboxylic acids is 1. The van der Waals surface area contributed by atoms with Crippen molar-refractivity contribution in [3.8, 4) is 0 Å². The summed E-state index contributed by atoms with van der Waals surface area (Å²) in [5.74, 6) is 0.123. The summed E-state index contributed by atoms with van der Waals surface area (Å²) >= 11 is 6.03. The molecule has 2 aliphatic rings. The largest absolute Gasteiger partial charge is 0.378 e. The Labute approximate surface area is 124 Å². The minimum absolute atomic E-state index is 0.123. The highest BCUT2D eigenvalue weighted by Crippen LogP contribution is 2.46. The van der Waals surface area contributed by atoms with E-state index in [9.17, 15) is 4.79 Å². The first-order valence-corrected chi connectivity index (χ1v) is 7.74. The Morgan fingerprint density at radius 2 is 2.30 bits per heavy atom. The van der Waals surface area contributed by atoms with Gasteiger partial charge in [-0.05, 0) is 49.8 Å². The van der Waals surface area contributed by atoms with Crippen LogP contribution in [0, 0.1) is 0 Å². The van der Waals surface area contributed by atoms with Gasteiger partial charge in [0.25, 0.3) is 0 Å². The fraction of sp³-hybridized carbons (Fsp3) is 0.562. The standard InChI is InChI=1S/C16H20ClNO2/c17-13-4-1-3-12(11-13)16(8-9-16)18-15(19)7-6-14-5-2-10-20-14/h1,3-4,11,14H,2,5-10H2,(H,18,19)/t14-/m1/s1. The minimum Gasteiger partial charge on any atom is -0.378 e. The van der Waals surface area contributed by atoms with Crippen molar-refractivity contribution in [2.45, 2.75) is 50.2 Å². The van der Waals surface area contributed by atoms with E-state index in [1.54, 1.807) is 0 Å². The van der Waals surface area contributed by atoms with Gasteiger partial charge in [-0.15, -0.1) is 0 Å². The first-order valence-electron chi connectivity index (χ1n) is 7.37. The molecule has 1 heterocycles. The second kappa shape index (κ2) is 5.74. The molecular formula is C16H20ClNO2. The van der Waals surface area contributed by atoms with Crippen LogP contribution in [0.25, 0.3) is 0 Å². The van der Waals surface area contributed by atoms with Gasteiger partial charge in [-0.2, -0.15) is 0 Å². The molecule has 1 aromatic rings. The second-order valence-corrected chi connectivity index (χ2v) is 6.25. The van der Waals surface area contributed by atoms with Crippen LogP contribution in [0.4, 0.5) is 0 Å². The summed E-state index contributed by atoms with van der Waals surface area (Å²) in [6.07, 6.45) is 5.87. The van der Waals surface area contributed by atoms with Gasteiger partial charge in [0.2, 0.25) is 5.91 Å². The molecule has 1 aliphatic heterocycles. The molecule has 0 unspecified atom stereocenters. The van der Waals surface area contributed by atoms with E-state index in [1.807, 2.05) is 24.3 Å². The molecule has 4 heteroatoms. The number of carbonyl (C=O) groups is 1. The number of hydrogen-bond donors (Lipinski definition) is 1. The van der Waals surface area contributed by atoms with Gasteiger partial charge in [0, 0.05) is 18.1 Å².